The van der Waals surface area contributed by atoms with Crippen molar-refractivity contribution >= 4 is 22.6 Å². The van der Waals surface area contributed by atoms with E-state index in [4.69, 9.17) is 9.72 Å². The Morgan fingerprint density at radius 1 is 0.941 bits per heavy atom. The van der Waals surface area contributed by atoms with Gasteiger partial charge in [0.2, 0.25) is 5.91 Å². The van der Waals surface area contributed by atoms with Crippen molar-refractivity contribution in [1.29, 1.82) is 0 Å². The molecule has 1 aromatic heterocycles. The van der Waals surface area contributed by atoms with Crippen molar-refractivity contribution in [3.63, 3.8) is 0 Å². The molecule has 0 aliphatic carbocycles. The third-order valence-electron chi connectivity index (χ3n) is 6.48. The zero-order valence-electron chi connectivity index (χ0n) is 19.9. The molecular formula is C29H31N3O2. The predicted octanol–water partition coefficient (Wildman–Crippen LogP) is 6.03. The smallest absolute Gasteiger partial charge is 0.227 e. The van der Waals surface area contributed by atoms with Gasteiger partial charge in [0.25, 0.3) is 0 Å². The van der Waals surface area contributed by atoms with Gasteiger partial charge in [-0.3, -0.25) is 4.79 Å². The average molecular weight is 454 g/mol. The summed E-state index contributed by atoms with van der Waals surface area (Å²) < 4.78 is 8.32. The van der Waals surface area contributed by atoms with Gasteiger partial charge in [-0.25, -0.2) is 4.98 Å². The molecule has 0 bridgehead atoms. The molecule has 0 spiro atoms. The number of hydrogen-bond donors (Lipinski definition) is 0. The lowest BCUT2D eigenvalue weighted by Crippen LogP contribution is -2.24. The fourth-order valence-electron chi connectivity index (χ4n) is 4.96. The Hall–Kier alpha value is -3.60. The SMILES string of the molecule is Cc1cc(C)cc(OCCCCn2c(C3CC(=O)N(c4ccccc4)C3)nc3ccccc32)c1. The number of fused-ring (bicyclic) bond motifs is 1. The van der Waals surface area contributed by atoms with Crippen molar-refractivity contribution in [1.82, 2.24) is 9.55 Å². The average Bonchev–Trinajstić information content (AvgIpc) is 3.39. The van der Waals surface area contributed by atoms with Gasteiger partial charge in [0.05, 0.1) is 17.6 Å². The van der Waals surface area contributed by atoms with Crippen molar-refractivity contribution in [2.45, 2.75) is 45.6 Å². The number of imidazole rings is 1. The lowest BCUT2D eigenvalue weighted by Gasteiger charge is -2.17. The first-order valence-electron chi connectivity index (χ1n) is 12.1. The Bertz CT molecular complexity index is 1280. The minimum Gasteiger partial charge on any atom is -0.494 e. The number of ether oxygens (including phenoxy) is 1. The van der Waals surface area contributed by atoms with Crippen LogP contribution in [0.25, 0.3) is 11.0 Å². The number of nitrogens with zero attached hydrogens (tertiary/aromatic N) is 3. The summed E-state index contributed by atoms with van der Waals surface area (Å²) in [6, 6.07) is 24.5. The van der Waals surface area contributed by atoms with E-state index in [1.54, 1.807) is 0 Å². The quantitative estimate of drug-likeness (QED) is 0.306. The van der Waals surface area contributed by atoms with Crippen LogP contribution in [0.1, 0.15) is 42.1 Å². The van der Waals surface area contributed by atoms with Crippen LogP contribution in [0.3, 0.4) is 0 Å². The number of hydrogen-bond acceptors (Lipinski definition) is 3. The van der Waals surface area contributed by atoms with Crippen molar-refractivity contribution in [3.8, 4) is 5.75 Å². The summed E-state index contributed by atoms with van der Waals surface area (Å²) in [5.74, 6) is 2.21. The molecule has 1 aliphatic heterocycles. The molecule has 1 aliphatic rings. The maximum absolute atomic E-state index is 12.8. The van der Waals surface area contributed by atoms with Gasteiger partial charge in [-0.15, -0.1) is 0 Å². The second-order valence-corrected chi connectivity index (χ2v) is 9.23. The van der Waals surface area contributed by atoms with Crippen molar-refractivity contribution < 1.29 is 9.53 Å². The normalized spacial score (nSPS) is 15.9. The predicted molar refractivity (Wildman–Crippen MR) is 137 cm³/mol. The zero-order valence-corrected chi connectivity index (χ0v) is 19.9. The second kappa shape index (κ2) is 9.72. The van der Waals surface area contributed by atoms with Crippen LogP contribution in [-0.2, 0) is 11.3 Å². The molecule has 1 unspecified atom stereocenters. The first-order chi connectivity index (χ1) is 16.6. The van der Waals surface area contributed by atoms with Crippen LogP contribution in [0.5, 0.6) is 5.75 Å². The Balaban J connectivity index is 1.28. The van der Waals surface area contributed by atoms with Gasteiger partial charge in [0.1, 0.15) is 11.6 Å². The minimum absolute atomic E-state index is 0.0895. The number of anilines is 1. The molecule has 3 aromatic carbocycles. The van der Waals surface area contributed by atoms with Crippen LogP contribution in [0, 0.1) is 13.8 Å². The fourth-order valence-corrected chi connectivity index (χ4v) is 4.96. The number of rotatable bonds is 8. The highest BCUT2D eigenvalue weighted by Gasteiger charge is 2.34. The van der Waals surface area contributed by atoms with E-state index in [0.717, 1.165) is 47.7 Å². The van der Waals surface area contributed by atoms with Gasteiger partial charge in [0.15, 0.2) is 0 Å². The second-order valence-electron chi connectivity index (χ2n) is 9.23. The van der Waals surface area contributed by atoms with E-state index in [1.807, 2.05) is 41.3 Å². The summed E-state index contributed by atoms with van der Waals surface area (Å²) in [6.45, 7) is 6.41. The Morgan fingerprint density at radius 3 is 2.47 bits per heavy atom. The summed E-state index contributed by atoms with van der Waals surface area (Å²) in [5.41, 5.74) is 5.54. The minimum atomic E-state index is 0.0895. The number of amides is 1. The molecule has 5 rings (SSSR count). The number of benzene rings is 3. The number of unbranched alkanes of at least 4 members (excludes halogenated alkanes) is 1. The van der Waals surface area contributed by atoms with Gasteiger partial charge in [-0.1, -0.05) is 36.4 Å². The molecule has 0 radical (unpaired) electrons. The molecule has 1 atom stereocenters. The van der Waals surface area contributed by atoms with Crippen molar-refractivity contribution in [2.24, 2.45) is 0 Å². The summed E-state index contributed by atoms with van der Waals surface area (Å²) in [7, 11) is 0. The monoisotopic (exact) mass is 453 g/mol. The molecule has 174 valence electrons. The fraction of sp³-hybridized carbons (Fsp3) is 0.310. The van der Waals surface area contributed by atoms with Crippen LogP contribution < -0.4 is 9.64 Å². The molecule has 0 saturated carbocycles. The Kier molecular flexibility index (Phi) is 6.35. The van der Waals surface area contributed by atoms with Crippen molar-refractivity contribution in [3.05, 3.63) is 89.7 Å². The van der Waals surface area contributed by atoms with Gasteiger partial charge >= 0.3 is 0 Å². The Morgan fingerprint density at radius 2 is 1.68 bits per heavy atom. The third kappa shape index (κ3) is 4.69. The number of carbonyl (C=O) groups is 1. The molecule has 2 heterocycles. The summed E-state index contributed by atoms with van der Waals surface area (Å²) in [4.78, 5) is 19.7. The van der Waals surface area contributed by atoms with Crippen LogP contribution in [0.2, 0.25) is 0 Å². The molecule has 5 nitrogen and oxygen atoms in total. The van der Waals surface area contributed by atoms with Crippen LogP contribution >= 0.6 is 0 Å². The van der Waals surface area contributed by atoms with E-state index in [2.05, 4.69) is 54.8 Å². The van der Waals surface area contributed by atoms with E-state index >= 15 is 0 Å². The number of aryl methyl sites for hydroxylation is 3. The number of carbonyl (C=O) groups excluding carboxylic acids is 1. The maximum atomic E-state index is 12.8. The van der Waals surface area contributed by atoms with Gasteiger partial charge in [0, 0.05) is 31.1 Å². The van der Waals surface area contributed by atoms with E-state index in [0.29, 0.717) is 19.6 Å². The van der Waals surface area contributed by atoms with Crippen LogP contribution in [0.4, 0.5) is 5.69 Å². The highest BCUT2D eigenvalue weighted by Crippen LogP contribution is 2.33. The number of aromatic nitrogens is 2. The molecule has 1 saturated heterocycles. The molecule has 5 heteroatoms. The topological polar surface area (TPSA) is 47.4 Å². The summed E-state index contributed by atoms with van der Waals surface area (Å²) in [6.07, 6.45) is 2.44. The highest BCUT2D eigenvalue weighted by molar-refractivity contribution is 5.96. The number of para-hydroxylation sites is 3. The third-order valence-corrected chi connectivity index (χ3v) is 6.48. The van der Waals surface area contributed by atoms with E-state index in [-0.39, 0.29) is 11.8 Å². The largest absolute Gasteiger partial charge is 0.494 e. The maximum Gasteiger partial charge on any atom is 0.227 e. The molecule has 1 fully saturated rings. The molecule has 0 N–H and O–H groups in total. The molecule has 34 heavy (non-hydrogen) atoms. The summed E-state index contributed by atoms with van der Waals surface area (Å²) in [5, 5.41) is 0. The van der Waals surface area contributed by atoms with E-state index in [1.165, 1.54) is 11.1 Å². The Labute approximate surface area is 201 Å². The highest BCUT2D eigenvalue weighted by atomic mass is 16.5. The lowest BCUT2D eigenvalue weighted by atomic mass is 10.1. The molecular weight excluding hydrogens is 422 g/mol. The van der Waals surface area contributed by atoms with Crippen LogP contribution in [-0.4, -0.2) is 28.6 Å². The molecule has 4 aromatic rings. The van der Waals surface area contributed by atoms with Gasteiger partial charge < -0.3 is 14.2 Å². The summed E-state index contributed by atoms with van der Waals surface area (Å²) >= 11 is 0. The van der Waals surface area contributed by atoms with Gasteiger partial charge in [-0.05, 0) is 74.2 Å². The van der Waals surface area contributed by atoms with Crippen molar-refractivity contribution in [2.75, 3.05) is 18.1 Å². The first kappa shape index (κ1) is 22.2. The molecule has 1 amide bonds. The standard InChI is InChI=1S/C29H31N3O2/c1-21-16-22(2)18-25(17-21)34-15-9-8-14-31-27-13-7-6-12-26(27)30-29(31)23-19-28(33)32(20-23)24-10-4-3-5-11-24/h3-7,10-13,16-18,23H,8-9,14-15,19-20H2,1-2H3. The van der Waals surface area contributed by atoms with Crippen LogP contribution in [0.15, 0.2) is 72.8 Å². The van der Waals surface area contributed by atoms with E-state index < -0.39 is 0 Å². The zero-order chi connectivity index (χ0) is 23.5. The first-order valence-corrected chi connectivity index (χ1v) is 12.1. The van der Waals surface area contributed by atoms with Gasteiger partial charge in [-0.2, -0.15) is 0 Å². The lowest BCUT2D eigenvalue weighted by molar-refractivity contribution is -0.117. The van der Waals surface area contributed by atoms with E-state index in [9.17, 15) is 4.79 Å².